The molecule has 3 heteroatoms. The molecule has 0 saturated heterocycles. The first-order valence-electron chi connectivity index (χ1n) is 5.58. The number of thiophene rings is 1. The lowest BCUT2D eigenvalue weighted by atomic mass is 9.85. The number of fused-ring (bicyclic) bond motifs is 2. The van der Waals surface area contributed by atoms with E-state index in [9.17, 15) is 4.79 Å². The summed E-state index contributed by atoms with van der Waals surface area (Å²) >= 11 is 1.46. The molecule has 86 valence electrons. The molecule has 0 radical (unpaired) electrons. The molecule has 2 aromatic rings. The summed E-state index contributed by atoms with van der Waals surface area (Å²) in [5, 5.41) is 2.65. The Hall–Kier alpha value is -1.61. The highest BCUT2D eigenvalue weighted by molar-refractivity contribution is 7.14. The van der Waals surface area contributed by atoms with Crippen LogP contribution in [0.4, 0.5) is 5.00 Å². The van der Waals surface area contributed by atoms with Crippen molar-refractivity contribution in [2.75, 3.05) is 5.73 Å². The van der Waals surface area contributed by atoms with Crippen molar-refractivity contribution in [3.63, 3.8) is 0 Å². The lowest BCUT2D eigenvalue weighted by Gasteiger charge is -2.17. The van der Waals surface area contributed by atoms with E-state index in [0.29, 0.717) is 5.00 Å². The molecular formula is C14H13NOS. The Labute approximate surface area is 104 Å². The minimum absolute atomic E-state index is 0.0862. The molecule has 1 aliphatic rings. The molecule has 0 bridgehead atoms. The van der Waals surface area contributed by atoms with E-state index in [1.54, 1.807) is 0 Å². The van der Waals surface area contributed by atoms with Crippen LogP contribution in [0.25, 0.3) is 0 Å². The van der Waals surface area contributed by atoms with Crippen LogP contribution in [-0.2, 0) is 6.42 Å². The molecule has 0 fully saturated rings. The normalized spacial score (nSPS) is 13.4. The van der Waals surface area contributed by atoms with Crippen LogP contribution >= 0.6 is 11.3 Å². The number of aryl methyl sites for hydroxylation is 2. The van der Waals surface area contributed by atoms with E-state index in [2.05, 4.69) is 13.0 Å². The average molecular weight is 243 g/mol. The van der Waals surface area contributed by atoms with Crippen LogP contribution in [0.5, 0.6) is 0 Å². The summed E-state index contributed by atoms with van der Waals surface area (Å²) in [7, 11) is 0. The molecule has 2 N–H and O–H groups in total. The van der Waals surface area contributed by atoms with Crippen LogP contribution in [0.3, 0.4) is 0 Å². The van der Waals surface area contributed by atoms with Gasteiger partial charge in [0, 0.05) is 5.56 Å². The van der Waals surface area contributed by atoms with Gasteiger partial charge in [-0.1, -0.05) is 6.07 Å². The first-order chi connectivity index (χ1) is 8.08. The Bertz CT molecular complexity index is 640. The smallest absolute Gasteiger partial charge is 0.196 e. The highest BCUT2D eigenvalue weighted by Crippen LogP contribution is 2.35. The number of hydrogen-bond acceptors (Lipinski definition) is 3. The molecule has 0 spiro atoms. The molecule has 17 heavy (non-hydrogen) atoms. The maximum Gasteiger partial charge on any atom is 0.196 e. The third kappa shape index (κ3) is 1.42. The van der Waals surface area contributed by atoms with Crippen molar-refractivity contribution in [1.82, 2.24) is 0 Å². The van der Waals surface area contributed by atoms with Crippen molar-refractivity contribution >= 4 is 22.1 Å². The van der Waals surface area contributed by atoms with Gasteiger partial charge < -0.3 is 5.73 Å². The summed E-state index contributed by atoms with van der Waals surface area (Å²) < 4.78 is 0. The second-order valence-electron chi connectivity index (χ2n) is 4.60. The lowest BCUT2D eigenvalue weighted by Crippen LogP contribution is -2.15. The number of ketones is 1. The summed E-state index contributed by atoms with van der Waals surface area (Å²) in [6.45, 7) is 4.12. The SMILES string of the molecule is Cc1cc2c(cc1C)C(=O)c1c(csc1N)C2. The molecule has 0 unspecified atom stereocenters. The van der Waals surface area contributed by atoms with Crippen LogP contribution in [0.15, 0.2) is 17.5 Å². The molecule has 0 atom stereocenters. The number of anilines is 1. The molecule has 1 aromatic heterocycles. The van der Waals surface area contributed by atoms with E-state index in [-0.39, 0.29) is 5.78 Å². The van der Waals surface area contributed by atoms with E-state index < -0.39 is 0 Å². The zero-order chi connectivity index (χ0) is 12.2. The van der Waals surface area contributed by atoms with Gasteiger partial charge in [-0.15, -0.1) is 11.3 Å². The quantitative estimate of drug-likeness (QED) is 0.659. The van der Waals surface area contributed by atoms with Gasteiger partial charge in [0.1, 0.15) is 0 Å². The van der Waals surface area contributed by atoms with Gasteiger partial charge in [-0.25, -0.2) is 0 Å². The van der Waals surface area contributed by atoms with Crippen LogP contribution in [-0.4, -0.2) is 5.78 Å². The number of carbonyl (C=O) groups excluding carboxylic acids is 1. The fourth-order valence-corrected chi connectivity index (χ4v) is 3.18. The molecule has 0 amide bonds. The lowest BCUT2D eigenvalue weighted by molar-refractivity contribution is 0.103. The van der Waals surface area contributed by atoms with E-state index in [1.807, 2.05) is 18.4 Å². The van der Waals surface area contributed by atoms with Crippen LogP contribution in [0, 0.1) is 13.8 Å². The molecule has 0 aliphatic heterocycles. The Balaban J connectivity index is 2.25. The van der Waals surface area contributed by atoms with E-state index in [0.717, 1.165) is 34.2 Å². The van der Waals surface area contributed by atoms with E-state index >= 15 is 0 Å². The van der Waals surface area contributed by atoms with Gasteiger partial charge in [0.25, 0.3) is 0 Å². The van der Waals surface area contributed by atoms with Crippen molar-refractivity contribution < 1.29 is 4.79 Å². The standard InChI is InChI=1S/C14H13NOS/c1-7-3-9-5-10-6-17-14(15)12(10)13(16)11(9)4-8(7)2/h3-4,6H,5,15H2,1-2H3. The molecule has 2 nitrogen and oxygen atoms in total. The highest BCUT2D eigenvalue weighted by atomic mass is 32.1. The van der Waals surface area contributed by atoms with Crippen molar-refractivity contribution in [1.29, 1.82) is 0 Å². The monoisotopic (exact) mass is 243 g/mol. The summed E-state index contributed by atoms with van der Waals surface area (Å²) in [5.74, 6) is 0.0862. The third-order valence-corrected chi connectivity index (χ3v) is 4.33. The number of rotatable bonds is 0. The van der Waals surface area contributed by atoms with Crippen molar-refractivity contribution in [3.05, 3.63) is 50.9 Å². The van der Waals surface area contributed by atoms with Gasteiger partial charge in [0.2, 0.25) is 0 Å². The minimum atomic E-state index is 0.0862. The summed E-state index contributed by atoms with van der Waals surface area (Å²) in [6, 6.07) is 4.12. The van der Waals surface area contributed by atoms with E-state index in [1.165, 1.54) is 16.9 Å². The fourth-order valence-electron chi connectivity index (χ4n) is 2.37. The first kappa shape index (κ1) is 10.5. The van der Waals surface area contributed by atoms with E-state index in [4.69, 9.17) is 5.73 Å². The molecule has 1 aromatic carbocycles. The largest absolute Gasteiger partial charge is 0.390 e. The maximum atomic E-state index is 12.4. The fraction of sp³-hybridized carbons (Fsp3) is 0.214. The maximum absolute atomic E-state index is 12.4. The second kappa shape index (κ2) is 3.44. The Morgan fingerprint density at radius 2 is 1.88 bits per heavy atom. The predicted octanol–water partition coefficient (Wildman–Crippen LogP) is 3.08. The summed E-state index contributed by atoms with van der Waals surface area (Å²) in [4.78, 5) is 12.4. The molecular weight excluding hydrogens is 230 g/mol. The highest BCUT2D eigenvalue weighted by Gasteiger charge is 2.26. The average Bonchev–Trinajstić information content (AvgIpc) is 2.64. The van der Waals surface area contributed by atoms with Gasteiger partial charge in [0.15, 0.2) is 5.78 Å². The second-order valence-corrected chi connectivity index (χ2v) is 5.51. The van der Waals surface area contributed by atoms with Gasteiger partial charge in [-0.05, 0) is 54.0 Å². The number of hydrogen-bond donors (Lipinski definition) is 1. The van der Waals surface area contributed by atoms with Crippen LogP contribution in [0.1, 0.15) is 38.2 Å². The molecule has 3 rings (SSSR count). The van der Waals surface area contributed by atoms with Gasteiger partial charge in [0.05, 0.1) is 10.6 Å². The van der Waals surface area contributed by atoms with Crippen LogP contribution in [0.2, 0.25) is 0 Å². The van der Waals surface area contributed by atoms with Crippen molar-refractivity contribution in [2.24, 2.45) is 0 Å². The third-order valence-electron chi connectivity index (χ3n) is 3.47. The van der Waals surface area contributed by atoms with Crippen molar-refractivity contribution in [2.45, 2.75) is 20.3 Å². The summed E-state index contributed by atoms with van der Waals surface area (Å²) in [5.41, 5.74) is 12.0. The Kier molecular flexibility index (Phi) is 2.13. The minimum Gasteiger partial charge on any atom is -0.390 e. The Morgan fingerprint density at radius 3 is 2.65 bits per heavy atom. The summed E-state index contributed by atoms with van der Waals surface area (Å²) in [6.07, 6.45) is 0.825. The molecule has 0 saturated carbocycles. The topological polar surface area (TPSA) is 43.1 Å². The predicted molar refractivity (Wildman–Crippen MR) is 70.9 cm³/mol. The molecule has 1 aliphatic carbocycles. The number of nitrogen functional groups attached to an aromatic ring is 1. The van der Waals surface area contributed by atoms with Gasteiger partial charge in [-0.2, -0.15) is 0 Å². The number of benzene rings is 1. The number of carbonyl (C=O) groups is 1. The first-order valence-corrected chi connectivity index (χ1v) is 6.46. The molecule has 1 heterocycles. The zero-order valence-corrected chi connectivity index (χ0v) is 10.6. The van der Waals surface area contributed by atoms with Gasteiger partial charge >= 0.3 is 0 Å². The van der Waals surface area contributed by atoms with Gasteiger partial charge in [-0.3, -0.25) is 4.79 Å². The Morgan fingerprint density at radius 1 is 1.18 bits per heavy atom. The van der Waals surface area contributed by atoms with Crippen molar-refractivity contribution in [3.8, 4) is 0 Å². The zero-order valence-electron chi connectivity index (χ0n) is 9.83. The number of nitrogens with two attached hydrogens (primary N) is 1. The van der Waals surface area contributed by atoms with Crippen LogP contribution < -0.4 is 5.73 Å².